The second-order valence-electron chi connectivity index (χ2n) is 6.61. The van der Waals surface area contributed by atoms with Crippen molar-refractivity contribution in [3.63, 3.8) is 0 Å². The number of unbranched alkanes of at least 4 members (excludes halogenated alkanes) is 1. The van der Waals surface area contributed by atoms with Crippen LogP contribution < -0.4 is 0 Å². The number of cyclic esters (lactones) is 1. The molecule has 2 heterocycles. The molecule has 0 saturated carbocycles. The van der Waals surface area contributed by atoms with E-state index >= 15 is 0 Å². The van der Waals surface area contributed by atoms with Crippen molar-refractivity contribution in [1.29, 1.82) is 0 Å². The van der Waals surface area contributed by atoms with Crippen LogP contribution in [0, 0.1) is 0 Å². The number of carbonyl (C=O) groups excluding carboxylic acids is 3. The first-order valence-corrected chi connectivity index (χ1v) is 9.34. The zero-order valence-electron chi connectivity index (χ0n) is 16.0. The first-order valence-electron chi connectivity index (χ1n) is 9.34. The third-order valence-corrected chi connectivity index (χ3v) is 4.73. The molecule has 3 atom stereocenters. The molecule has 1 aromatic carbocycles. The molecule has 154 valence electrons. The van der Waals surface area contributed by atoms with E-state index in [1.165, 1.54) is 19.3 Å². The number of aliphatic hydroxyl groups is 1. The Kier molecular flexibility index (Phi) is 6.79. The molecule has 0 radical (unpaired) electrons. The normalized spacial score (nSPS) is 23.8. The molecule has 3 rings (SSSR count). The molecule has 0 bridgehead atoms. The van der Waals surface area contributed by atoms with Gasteiger partial charge < -0.3 is 19.3 Å². The van der Waals surface area contributed by atoms with Gasteiger partial charge in [0.1, 0.15) is 18.4 Å². The number of hydrogen-bond donors (Lipinski definition) is 1. The second kappa shape index (κ2) is 9.49. The number of rotatable bonds is 7. The first-order chi connectivity index (χ1) is 14.1. The third-order valence-electron chi connectivity index (χ3n) is 4.73. The fourth-order valence-corrected chi connectivity index (χ4v) is 3.24. The number of imide groups is 1. The number of ketones is 1. The maximum absolute atomic E-state index is 13.2. The summed E-state index contributed by atoms with van der Waals surface area (Å²) in [4.78, 5) is 38.8. The minimum Gasteiger partial charge on any atom is -0.479 e. The number of carbonyl (C=O) groups is 3. The highest BCUT2D eigenvalue weighted by Crippen LogP contribution is 2.30. The van der Waals surface area contributed by atoms with Gasteiger partial charge in [-0.1, -0.05) is 30.3 Å². The topological polar surface area (TPSA) is 102 Å². The Balaban J connectivity index is 1.82. The molecule has 2 aliphatic rings. The second-order valence-corrected chi connectivity index (χ2v) is 6.61. The Morgan fingerprint density at radius 1 is 1.31 bits per heavy atom. The molecule has 1 fully saturated rings. The molecular weight excluding hydrogens is 378 g/mol. The lowest BCUT2D eigenvalue weighted by molar-refractivity contribution is -0.153. The maximum Gasteiger partial charge on any atom is 0.417 e. The van der Waals surface area contributed by atoms with Crippen molar-refractivity contribution >= 4 is 17.8 Å². The first kappa shape index (κ1) is 20.8. The lowest BCUT2D eigenvalue weighted by Gasteiger charge is -2.30. The smallest absolute Gasteiger partial charge is 0.417 e. The lowest BCUT2D eigenvalue weighted by Crippen LogP contribution is -2.51. The number of nitrogens with zero attached hydrogens (tertiary/aromatic N) is 1. The van der Waals surface area contributed by atoms with E-state index in [0.717, 1.165) is 10.5 Å². The predicted octanol–water partition coefficient (Wildman–Crippen LogP) is 1.90. The minimum absolute atomic E-state index is 0.0245. The van der Waals surface area contributed by atoms with Crippen molar-refractivity contribution in [2.45, 2.75) is 31.1 Å². The van der Waals surface area contributed by atoms with Crippen LogP contribution in [0.4, 0.5) is 4.79 Å². The summed E-state index contributed by atoms with van der Waals surface area (Å²) < 4.78 is 16.1. The summed E-state index contributed by atoms with van der Waals surface area (Å²) >= 11 is 0. The van der Waals surface area contributed by atoms with Crippen LogP contribution in [0.3, 0.4) is 0 Å². The molecule has 0 aromatic heterocycles. The summed E-state index contributed by atoms with van der Waals surface area (Å²) in [6.07, 6.45) is 2.32. The zero-order valence-corrected chi connectivity index (χ0v) is 16.0. The molecule has 8 nitrogen and oxygen atoms in total. The van der Waals surface area contributed by atoms with E-state index < -0.39 is 36.0 Å². The highest BCUT2D eigenvalue weighted by Gasteiger charge is 2.46. The largest absolute Gasteiger partial charge is 0.479 e. The van der Waals surface area contributed by atoms with Gasteiger partial charge in [0.15, 0.2) is 18.0 Å². The van der Waals surface area contributed by atoms with Crippen LogP contribution in [0.2, 0.25) is 0 Å². The molecule has 2 amide bonds. The number of amides is 2. The van der Waals surface area contributed by atoms with E-state index in [1.807, 2.05) is 6.07 Å². The van der Waals surface area contributed by atoms with Crippen LogP contribution in [-0.2, 0) is 23.8 Å². The SMILES string of the molecule is CO[C@H](C(=O)N1C(=O)OC[C@@H]1c1ccccc1)[C@@H]1OC(=CCCCO)C=CC1=O. The Labute approximate surface area is 168 Å². The fraction of sp³-hybridized carbons (Fsp3) is 0.381. The van der Waals surface area contributed by atoms with Gasteiger partial charge in [0.25, 0.3) is 5.91 Å². The van der Waals surface area contributed by atoms with Gasteiger partial charge in [0.05, 0.1) is 0 Å². The lowest BCUT2D eigenvalue weighted by atomic mass is 10.0. The quantitative estimate of drug-likeness (QED) is 0.696. The summed E-state index contributed by atoms with van der Waals surface area (Å²) in [6.45, 7) is 0.0592. The van der Waals surface area contributed by atoms with Gasteiger partial charge in [-0.2, -0.15) is 0 Å². The monoisotopic (exact) mass is 401 g/mol. The van der Waals surface area contributed by atoms with Crippen molar-refractivity contribution in [1.82, 2.24) is 4.90 Å². The van der Waals surface area contributed by atoms with Gasteiger partial charge in [-0.15, -0.1) is 0 Å². The minimum atomic E-state index is -1.31. The van der Waals surface area contributed by atoms with Crippen molar-refractivity contribution < 1.29 is 33.7 Å². The van der Waals surface area contributed by atoms with E-state index in [0.29, 0.717) is 18.6 Å². The van der Waals surface area contributed by atoms with Gasteiger partial charge in [-0.3, -0.25) is 9.59 Å². The van der Waals surface area contributed by atoms with Crippen LogP contribution in [0.5, 0.6) is 0 Å². The maximum atomic E-state index is 13.2. The summed E-state index contributed by atoms with van der Waals surface area (Å²) in [5, 5.41) is 8.90. The summed E-state index contributed by atoms with van der Waals surface area (Å²) in [6, 6.07) is 8.41. The van der Waals surface area contributed by atoms with Gasteiger partial charge in [0.2, 0.25) is 0 Å². The molecular formula is C21H23NO7. The summed E-state index contributed by atoms with van der Waals surface area (Å²) in [5.41, 5.74) is 0.738. The number of hydrogen-bond acceptors (Lipinski definition) is 7. The average Bonchev–Trinajstić information content (AvgIpc) is 3.12. The predicted molar refractivity (Wildman–Crippen MR) is 102 cm³/mol. The van der Waals surface area contributed by atoms with E-state index in [-0.39, 0.29) is 13.2 Å². The van der Waals surface area contributed by atoms with Crippen molar-refractivity contribution in [2.75, 3.05) is 20.3 Å². The Morgan fingerprint density at radius 3 is 2.76 bits per heavy atom. The molecule has 1 aromatic rings. The van der Waals surface area contributed by atoms with Crippen LogP contribution in [0.1, 0.15) is 24.4 Å². The van der Waals surface area contributed by atoms with Crippen LogP contribution in [0.25, 0.3) is 0 Å². The number of ether oxygens (including phenoxy) is 3. The third kappa shape index (κ3) is 4.55. The number of methoxy groups -OCH3 is 1. The Bertz CT molecular complexity index is 818. The average molecular weight is 401 g/mol. The van der Waals surface area contributed by atoms with Gasteiger partial charge in [-0.05, 0) is 36.6 Å². The summed E-state index contributed by atoms with van der Waals surface area (Å²) in [5.74, 6) is -0.734. The molecule has 2 aliphatic heterocycles. The molecule has 0 unspecified atom stereocenters. The van der Waals surface area contributed by atoms with Crippen LogP contribution >= 0.6 is 0 Å². The highest BCUT2D eigenvalue weighted by molar-refractivity contribution is 6.03. The van der Waals surface area contributed by atoms with E-state index in [2.05, 4.69) is 0 Å². The molecule has 0 aliphatic carbocycles. The zero-order chi connectivity index (χ0) is 20.8. The van der Waals surface area contributed by atoms with Gasteiger partial charge in [-0.25, -0.2) is 9.69 Å². The summed E-state index contributed by atoms with van der Waals surface area (Å²) in [7, 11) is 1.28. The Morgan fingerprint density at radius 2 is 2.07 bits per heavy atom. The molecule has 1 N–H and O–H groups in total. The fourth-order valence-electron chi connectivity index (χ4n) is 3.24. The van der Waals surface area contributed by atoms with Crippen molar-refractivity contribution in [3.8, 4) is 0 Å². The highest BCUT2D eigenvalue weighted by atomic mass is 16.6. The van der Waals surface area contributed by atoms with E-state index in [4.69, 9.17) is 19.3 Å². The van der Waals surface area contributed by atoms with Crippen molar-refractivity contribution in [3.05, 3.63) is 59.9 Å². The molecule has 8 heteroatoms. The van der Waals surface area contributed by atoms with Crippen LogP contribution in [0.15, 0.2) is 54.3 Å². The van der Waals surface area contributed by atoms with Gasteiger partial charge >= 0.3 is 6.09 Å². The Hall–Kier alpha value is -2.97. The van der Waals surface area contributed by atoms with E-state index in [9.17, 15) is 14.4 Å². The van der Waals surface area contributed by atoms with Gasteiger partial charge in [0, 0.05) is 13.7 Å². The molecule has 1 saturated heterocycles. The number of aliphatic hydroxyl groups excluding tert-OH is 1. The standard InChI is InChI=1S/C21H23NO7/c1-27-19(18-17(24)11-10-15(29-18)9-5-6-12-23)20(25)22-16(13-28-21(22)26)14-7-3-2-4-8-14/h2-4,7-11,16,18-19,23H,5-6,12-13H2,1H3/t16-,18-,19+/m1/s1. The van der Waals surface area contributed by atoms with Crippen LogP contribution in [-0.4, -0.2) is 60.3 Å². The van der Waals surface area contributed by atoms with E-state index in [1.54, 1.807) is 30.3 Å². The van der Waals surface area contributed by atoms with Crippen molar-refractivity contribution in [2.24, 2.45) is 0 Å². The number of benzene rings is 1. The number of allylic oxidation sites excluding steroid dienone is 2. The molecule has 0 spiro atoms. The molecule has 29 heavy (non-hydrogen) atoms.